The number of thiophene rings is 1. The molecule has 0 fully saturated rings. The number of hydrogen-bond donors (Lipinski definition) is 1. The van der Waals surface area contributed by atoms with Gasteiger partial charge in [-0.3, -0.25) is 0 Å². The van der Waals surface area contributed by atoms with Crippen LogP contribution in [0.1, 0.15) is 28.5 Å². The van der Waals surface area contributed by atoms with Gasteiger partial charge in [-0.1, -0.05) is 54.1 Å². The van der Waals surface area contributed by atoms with Gasteiger partial charge in [-0.2, -0.15) is 0 Å². The van der Waals surface area contributed by atoms with Crippen LogP contribution in [-0.2, 0) is 13.0 Å². The van der Waals surface area contributed by atoms with E-state index >= 15 is 0 Å². The second-order valence-electron chi connectivity index (χ2n) is 5.51. The molecule has 4 rings (SSSR count). The van der Waals surface area contributed by atoms with E-state index in [4.69, 9.17) is 11.6 Å². The van der Waals surface area contributed by atoms with Crippen LogP contribution in [0.4, 0.5) is 0 Å². The summed E-state index contributed by atoms with van der Waals surface area (Å²) in [6.45, 7) is 0.844. The fourth-order valence-electron chi connectivity index (χ4n) is 3.16. The first-order chi connectivity index (χ1) is 10.3. The molecule has 1 atom stereocenters. The van der Waals surface area contributed by atoms with Gasteiger partial charge in [0.25, 0.3) is 0 Å². The number of aryl methyl sites for hydroxylation is 1. The molecule has 3 heteroatoms. The highest BCUT2D eigenvalue weighted by molar-refractivity contribution is 7.19. The van der Waals surface area contributed by atoms with Gasteiger partial charge in [-0.05, 0) is 30.0 Å². The zero-order valence-electron chi connectivity index (χ0n) is 11.6. The van der Waals surface area contributed by atoms with E-state index in [0.29, 0.717) is 6.04 Å². The second kappa shape index (κ2) is 5.45. The summed E-state index contributed by atoms with van der Waals surface area (Å²) in [7, 11) is 0. The molecule has 1 aliphatic rings. The Labute approximate surface area is 133 Å². The predicted octanol–water partition coefficient (Wildman–Crippen LogP) is 5.33. The van der Waals surface area contributed by atoms with Crippen molar-refractivity contribution in [3.8, 4) is 0 Å². The molecule has 0 amide bonds. The Morgan fingerprint density at radius 1 is 1.10 bits per heavy atom. The van der Waals surface area contributed by atoms with Gasteiger partial charge >= 0.3 is 0 Å². The molecular weight excluding hydrogens is 298 g/mol. The molecule has 106 valence electrons. The van der Waals surface area contributed by atoms with Crippen molar-refractivity contribution in [2.24, 2.45) is 0 Å². The summed E-state index contributed by atoms with van der Waals surface area (Å²) >= 11 is 8.31. The first-order valence-electron chi connectivity index (χ1n) is 7.30. The van der Waals surface area contributed by atoms with Gasteiger partial charge in [0.15, 0.2) is 0 Å². The van der Waals surface area contributed by atoms with Gasteiger partial charge in [-0.25, -0.2) is 0 Å². The van der Waals surface area contributed by atoms with Gasteiger partial charge in [0, 0.05) is 27.5 Å². The molecule has 0 aliphatic heterocycles. The minimum atomic E-state index is 0.461. The summed E-state index contributed by atoms with van der Waals surface area (Å²) in [5, 5.41) is 5.77. The average molecular weight is 314 g/mol. The van der Waals surface area contributed by atoms with E-state index in [1.807, 2.05) is 6.07 Å². The Bertz CT molecular complexity index is 793. The molecule has 1 unspecified atom stereocenters. The van der Waals surface area contributed by atoms with Crippen molar-refractivity contribution in [1.29, 1.82) is 0 Å². The minimum absolute atomic E-state index is 0.461. The Kier molecular flexibility index (Phi) is 3.46. The van der Waals surface area contributed by atoms with Gasteiger partial charge in [0.2, 0.25) is 0 Å². The summed E-state index contributed by atoms with van der Waals surface area (Å²) in [6.07, 6.45) is 2.36. The maximum absolute atomic E-state index is 6.51. The Morgan fingerprint density at radius 2 is 1.90 bits per heavy atom. The molecule has 0 radical (unpaired) electrons. The molecule has 3 aromatic rings. The molecule has 1 nitrogen and oxygen atoms in total. The van der Waals surface area contributed by atoms with Gasteiger partial charge < -0.3 is 5.32 Å². The average Bonchev–Trinajstić information content (AvgIpc) is 3.07. The number of benzene rings is 2. The monoisotopic (exact) mass is 313 g/mol. The van der Waals surface area contributed by atoms with Crippen molar-refractivity contribution in [1.82, 2.24) is 5.32 Å². The van der Waals surface area contributed by atoms with Crippen LogP contribution in [-0.4, -0.2) is 0 Å². The molecule has 2 aromatic carbocycles. The lowest BCUT2D eigenvalue weighted by molar-refractivity contribution is 0.533. The van der Waals surface area contributed by atoms with Crippen LogP contribution in [0.3, 0.4) is 0 Å². The summed E-state index contributed by atoms with van der Waals surface area (Å²) in [6, 6.07) is 17.6. The number of halogens is 1. The van der Waals surface area contributed by atoms with Crippen LogP contribution in [0.25, 0.3) is 10.1 Å². The lowest BCUT2D eigenvalue weighted by atomic mass is 10.1. The van der Waals surface area contributed by atoms with E-state index in [1.165, 1.54) is 38.9 Å². The van der Waals surface area contributed by atoms with E-state index < -0.39 is 0 Å². The van der Waals surface area contributed by atoms with Crippen molar-refractivity contribution in [3.63, 3.8) is 0 Å². The van der Waals surface area contributed by atoms with E-state index in [9.17, 15) is 0 Å². The maximum Gasteiger partial charge on any atom is 0.0636 e. The van der Waals surface area contributed by atoms with Crippen molar-refractivity contribution in [2.75, 3.05) is 0 Å². The van der Waals surface area contributed by atoms with Gasteiger partial charge in [0.1, 0.15) is 0 Å². The van der Waals surface area contributed by atoms with E-state index in [1.54, 1.807) is 11.3 Å². The first kappa shape index (κ1) is 13.3. The van der Waals surface area contributed by atoms with Gasteiger partial charge in [0.05, 0.1) is 5.02 Å². The van der Waals surface area contributed by atoms with Crippen LogP contribution >= 0.6 is 22.9 Å². The van der Waals surface area contributed by atoms with Crippen molar-refractivity contribution in [3.05, 3.63) is 69.6 Å². The molecule has 1 heterocycles. The maximum atomic E-state index is 6.51. The predicted molar refractivity (Wildman–Crippen MR) is 91.2 cm³/mol. The number of rotatable bonds is 3. The van der Waals surface area contributed by atoms with Crippen LogP contribution in [0.15, 0.2) is 48.5 Å². The summed E-state index contributed by atoms with van der Waals surface area (Å²) in [5.74, 6) is 0. The lowest BCUT2D eigenvalue weighted by Crippen LogP contribution is -2.18. The highest BCUT2D eigenvalue weighted by Gasteiger charge is 2.21. The molecule has 1 N–H and O–H groups in total. The Hall–Kier alpha value is -1.35. The Balaban J connectivity index is 1.56. The fourth-order valence-corrected chi connectivity index (χ4v) is 4.61. The number of fused-ring (bicyclic) bond motifs is 2. The van der Waals surface area contributed by atoms with E-state index in [2.05, 4.69) is 47.8 Å². The van der Waals surface area contributed by atoms with Crippen LogP contribution in [0, 0.1) is 0 Å². The summed E-state index contributed by atoms with van der Waals surface area (Å²) in [5.41, 5.74) is 2.94. The third-order valence-corrected chi connectivity index (χ3v) is 5.96. The fraction of sp³-hybridized carbons (Fsp3) is 0.222. The van der Waals surface area contributed by atoms with Crippen molar-refractivity contribution >= 4 is 33.0 Å². The van der Waals surface area contributed by atoms with E-state index in [0.717, 1.165) is 11.6 Å². The third kappa shape index (κ3) is 2.38. The quantitative estimate of drug-likeness (QED) is 0.689. The highest BCUT2D eigenvalue weighted by atomic mass is 35.5. The SMILES string of the molecule is Clc1c(CNC2CCc3ccccc32)sc2ccccc12. The first-order valence-corrected chi connectivity index (χ1v) is 8.49. The largest absolute Gasteiger partial charge is 0.305 e. The molecule has 0 spiro atoms. The molecule has 0 bridgehead atoms. The number of hydrogen-bond acceptors (Lipinski definition) is 2. The second-order valence-corrected chi connectivity index (χ2v) is 7.02. The van der Waals surface area contributed by atoms with Gasteiger partial charge in [-0.15, -0.1) is 11.3 Å². The third-order valence-electron chi connectivity index (χ3n) is 4.24. The highest BCUT2D eigenvalue weighted by Crippen LogP contribution is 2.36. The molecule has 21 heavy (non-hydrogen) atoms. The van der Waals surface area contributed by atoms with Crippen LogP contribution < -0.4 is 5.32 Å². The molecular formula is C18H16ClNS. The lowest BCUT2D eigenvalue weighted by Gasteiger charge is -2.13. The standard InChI is InChI=1S/C18H16ClNS/c19-18-14-7-3-4-8-16(14)21-17(18)11-20-15-10-9-12-5-1-2-6-13(12)15/h1-8,15,20H,9-11H2. The zero-order valence-corrected chi connectivity index (χ0v) is 13.2. The number of nitrogens with one attached hydrogen (secondary N) is 1. The smallest absolute Gasteiger partial charge is 0.0636 e. The molecule has 1 aromatic heterocycles. The molecule has 0 saturated carbocycles. The minimum Gasteiger partial charge on any atom is -0.305 e. The summed E-state index contributed by atoms with van der Waals surface area (Å²) < 4.78 is 1.27. The normalized spacial score (nSPS) is 17.3. The zero-order chi connectivity index (χ0) is 14.2. The van der Waals surface area contributed by atoms with Crippen LogP contribution in [0.5, 0.6) is 0 Å². The summed E-state index contributed by atoms with van der Waals surface area (Å²) in [4.78, 5) is 1.24. The van der Waals surface area contributed by atoms with Crippen molar-refractivity contribution in [2.45, 2.75) is 25.4 Å². The molecule has 0 saturated heterocycles. The molecule has 1 aliphatic carbocycles. The van der Waals surface area contributed by atoms with Crippen molar-refractivity contribution < 1.29 is 0 Å². The van der Waals surface area contributed by atoms with E-state index in [-0.39, 0.29) is 0 Å². The van der Waals surface area contributed by atoms with Crippen LogP contribution in [0.2, 0.25) is 5.02 Å². The topological polar surface area (TPSA) is 12.0 Å². The Morgan fingerprint density at radius 3 is 2.81 bits per heavy atom.